The molecule has 2 N–H and O–H groups in total. The van der Waals surface area contributed by atoms with Gasteiger partial charge in [-0.15, -0.1) is 24.0 Å². The molecule has 0 unspecified atom stereocenters. The summed E-state index contributed by atoms with van der Waals surface area (Å²) in [6.07, 6.45) is 2.30. The van der Waals surface area contributed by atoms with Gasteiger partial charge in [-0.25, -0.2) is 0 Å². The molecule has 6 heteroatoms. The SMILES string of the molecule is CN=C(NCCCC(=O)N1CCc2ccccc21)NC(C)(C)C.I. The van der Waals surface area contributed by atoms with Crippen molar-refractivity contribution in [2.24, 2.45) is 4.99 Å². The molecule has 0 spiro atoms. The van der Waals surface area contributed by atoms with E-state index in [-0.39, 0.29) is 35.4 Å². The van der Waals surface area contributed by atoms with Crippen molar-refractivity contribution in [3.63, 3.8) is 0 Å². The molecule has 1 heterocycles. The second-order valence-electron chi connectivity index (χ2n) is 6.90. The van der Waals surface area contributed by atoms with Crippen molar-refractivity contribution >= 4 is 41.5 Å². The quantitative estimate of drug-likeness (QED) is 0.325. The Balaban J connectivity index is 0.00000288. The van der Waals surface area contributed by atoms with Crippen molar-refractivity contribution in [1.82, 2.24) is 10.6 Å². The third-order valence-corrected chi connectivity index (χ3v) is 3.77. The van der Waals surface area contributed by atoms with Crippen LogP contribution in [0.25, 0.3) is 0 Å². The van der Waals surface area contributed by atoms with Crippen LogP contribution in [-0.2, 0) is 11.2 Å². The molecule has 1 amide bonds. The Bertz CT molecular complexity index is 581. The van der Waals surface area contributed by atoms with Crippen LogP contribution in [0, 0.1) is 0 Å². The fraction of sp³-hybridized carbons (Fsp3) is 0.556. The first-order valence-electron chi connectivity index (χ1n) is 8.28. The minimum Gasteiger partial charge on any atom is -0.356 e. The van der Waals surface area contributed by atoms with E-state index in [0.29, 0.717) is 6.42 Å². The lowest BCUT2D eigenvalue weighted by Crippen LogP contribution is -2.47. The average Bonchev–Trinajstić information content (AvgIpc) is 2.93. The lowest BCUT2D eigenvalue weighted by Gasteiger charge is -2.24. The fourth-order valence-corrected chi connectivity index (χ4v) is 2.71. The minimum atomic E-state index is -0.0308. The molecule has 24 heavy (non-hydrogen) atoms. The van der Waals surface area contributed by atoms with Gasteiger partial charge in [-0.05, 0) is 45.2 Å². The molecular weight excluding hydrogens is 415 g/mol. The number of rotatable bonds is 4. The lowest BCUT2D eigenvalue weighted by molar-refractivity contribution is -0.118. The summed E-state index contributed by atoms with van der Waals surface area (Å²) in [6, 6.07) is 8.17. The largest absolute Gasteiger partial charge is 0.356 e. The number of guanidine groups is 1. The summed E-state index contributed by atoms with van der Waals surface area (Å²) in [5.74, 6) is 0.979. The standard InChI is InChI=1S/C18H28N4O.HI/c1-18(2,3)21-17(19-4)20-12-7-10-16(23)22-13-11-14-8-5-6-9-15(14)22;/h5-6,8-9H,7,10-13H2,1-4H3,(H2,19,20,21);1H. The predicted octanol–water partition coefficient (Wildman–Crippen LogP) is 2.94. The minimum absolute atomic E-state index is 0. The summed E-state index contributed by atoms with van der Waals surface area (Å²) in [7, 11) is 1.76. The molecule has 0 aliphatic carbocycles. The van der Waals surface area contributed by atoms with Crippen LogP contribution in [0.5, 0.6) is 0 Å². The van der Waals surface area contributed by atoms with Crippen molar-refractivity contribution < 1.29 is 4.79 Å². The van der Waals surface area contributed by atoms with E-state index in [4.69, 9.17) is 0 Å². The van der Waals surface area contributed by atoms with Crippen molar-refractivity contribution in [2.75, 3.05) is 25.0 Å². The number of carbonyl (C=O) groups excluding carboxylic acids is 1. The van der Waals surface area contributed by atoms with E-state index in [1.165, 1.54) is 5.56 Å². The van der Waals surface area contributed by atoms with Crippen LogP contribution in [0.3, 0.4) is 0 Å². The first-order valence-corrected chi connectivity index (χ1v) is 8.28. The summed E-state index contributed by atoms with van der Waals surface area (Å²) >= 11 is 0. The number of para-hydroxylation sites is 1. The highest BCUT2D eigenvalue weighted by atomic mass is 127. The number of benzene rings is 1. The second kappa shape index (κ2) is 9.25. The van der Waals surface area contributed by atoms with Gasteiger partial charge in [0, 0.05) is 37.8 Å². The Hall–Kier alpha value is -1.31. The Labute approximate surface area is 162 Å². The molecule has 0 saturated heterocycles. The average molecular weight is 444 g/mol. The monoisotopic (exact) mass is 444 g/mol. The Morgan fingerprint density at radius 1 is 1.29 bits per heavy atom. The van der Waals surface area contributed by atoms with Gasteiger partial charge in [-0.1, -0.05) is 18.2 Å². The molecule has 0 radical (unpaired) electrons. The van der Waals surface area contributed by atoms with Crippen molar-refractivity contribution in [3.05, 3.63) is 29.8 Å². The Morgan fingerprint density at radius 2 is 2.00 bits per heavy atom. The summed E-state index contributed by atoms with van der Waals surface area (Å²) in [5.41, 5.74) is 2.32. The summed E-state index contributed by atoms with van der Waals surface area (Å²) in [4.78, 5) is 18.5. The molecule has 5 nitrogen and oxygen atoms in total. The summed E-state index contributed by atoms with van der Waals surface area (Å²) in [5, 5.41) is 6.56. The van der Waals surface area contributed by atoms with E-state index in [9.17, 15) is 4.79 Å². The summed E-state index contributed by atoms with van der Waals surface area (Å²) in [6.45, 7) is 7.81. The van der Waals surface area contributed by atoms with E-state index in [2.05, 4.69) is 42.5 Å². The van der Waals surface area contributed by atoms with Gasteiger partial charge in [-0.3, -0.25) is 9.79 Å². The third-order valence-electron chi connectivity index (χ3n) is 3.77. The maximum Gasteiger partial charge on any atom is 0.227 e. The van der Waals surface area contributed by atoms with E-state index in [1.54, 1.807) is 7.05 Å². The van der Waals surface area contributed by atoms with Gasteiger partial charge in [0.05, 0.1) is 0 Å². The molecule has 1 aromatic rings. The first kappa shape index (κ1) is 20.7. The van der Waals surface area contributed by atoms with Gasteiger partial charge in [0.25, 0.3) is 0 Å². The molecule has 0 fully saturated rings. The molecule has 1 aliphatic heterocycles. The number of aliphatic imine (C=N–C) groups is 1. The zero-order valence-electron chi connectivity index (χ0n) is 15.1. The normalized spacial score (nSPS) is 14.0. The fourth-order valence-electron chi connectivity index (χ4n) is 2.71. The van der Waals surface area contributed by atoms with Gasteiger partial charge < -0.3 is 15.5 Å². The third kappa shape index (κ3) is 5.96. The molecule has 134 valence electrons. The van der Waals surface area contributed by atoms with Crippen molar-refractivity contribution in [1.29, 1.82) is 0 Å². The highest BCUT2D eigenvalue weighted by molar-refractivity contribution is 14.0. The number of hydrogen-bond acceptors (Lipinski definition) is 2. The van der Waals surface area contributed by atoms with E-state index in [1.807, 2.05) is 23.1 Å². The number of anilines is 1. The van der Waals surface area contributed by atoms with E-state index < -0.39 is 0 Å². The molecule has 0 saturated carbocycles. The first-order chi connectivity index (χ1) is 10.9. The van der Waals surface area contributed by atoms with E-state index in [0.717, 1.165) is 37.6 Å². The second-order valence-corrected chi connectivity index (χ2v) is 6.90. The number of fused-ring (bicyclic) bond motifs is 1. The number of nitrogens with one attached hydrogen (secondary N) is 2. The number of hydrogen-bond donors (Lipinski definition) is 2. The van der Waals surface area contributed by atoms with Gasteiger partial charge >= 0.3 is 0 Å². The molecule has 0 aromatic heterocycles. The van der Waals surface area contributed by atoms with E-state index >= 15 is 0 Å². The van der Waals surface area contributed by atoms with Gasteiger partial charge in [0.2, 0.25) is 5.91 Å². The maximum absolute atomic E-state index is 12.4. The smallest absolute Gasteiger partial charge is 0.227 e. The molecule has 1 aromatic carbocycles. The highest BCUT2D eigenvalue weighted by Gasteiger charge is 2.23. The van der Waals surface area contributed by atoms with Crippen LogP contribution in [-0.4, -0.2) is 37.5 Å². The number of halogens is 1. The molecular formula is C18H29IN4O. The Kier molecular flexibility index (Phi) is 7.99. The van der Waals surface area contributed by atoms with Crippen LogP contribution < -0.4 is 15.5 Å². The molecule has 0 atom stereocenters. The lowest BCUT2D eigenvalue weighted by atomic mass is 10.1. The highest BCUT2D eigenvalue weighted by Crippen LogP contribution is 2.27. The van der Waals surface area contributed by atoms with Crippen molar-refractivity contribution in [2.45, 2.75) is 45.6 Å². The van der Waals surface area contributed by atoms with Crippen LogP contribution in [0.4, 0.5) is 5.69 Å². The van der Waals surface area contributed by atoms with Gasteiger partial charge in [-0.2, -0.15) is 0 Å². The Morgan fingerprint density at radius 3 is 2.67 bits per heavy atom. The molecule has 0 bridgehead atoms. The zero-order chi connectivity index (χ0) is 16.9. The topological polar surface area (TPSA) is 56.7 Å². The van der Waals surface area contributed by atoms with Crippen LogP contribution in [0.1, 0.15) is 39.2 Å². The van der Waals surface area contributed by atoms with Gasteiger partial charge in [0.1, 0.15) is 0 Å². The number of carbonyl (C=O) groups is 1. The molecule has 1 aliphatic rings. The predicted molar refractivity (Wildman–Crippen MR) is 111 cm³/mol. The van der Waals surface area contributed by atoms with Crippen LogP contribution in [0.15, 0.2) is 29.3 Å². The maximum atomic E-state index is 12.4. The molecule has 2 rings (SSSR count). The van der Waals surface area contributed by atoms with Crippen LogP contribution in [0.2, 0.25) is 0 Å². The zero-order valence-corrected chi connectivity index (χ0v) is 17.4. The van der Waals surface area contributed by atoms with Crippen molar-refractivity contribution in [3.8, 4) is 0 Å². The van der Waals surface area contributed by atoms with Crippen LogP contribution >= 0.6 is 24.0 Å². The number of nitrogens with zero attached hydrogens (tertiary/aromatic N) is 2. The number of amides is 1. The summed E-state index contributed by atoms with van der Waals surface area (Å²) < 4.78 is 0. The van der Waals surface area contributed by atoms with Gasteiger partial charge in [0.15, 0.2) is 5.96 Å².